The third-order valence-corrected chi connectivity index (χ3v) is 3.38. The third-order valence-electron chi connectivity index (χ3n) is 2.23. The van der Waals surface area contributed by atoms with Gasteiger partial charge in [-0.05, 0) is 46.3 Å². The van der Waals surface area contributed by atoms with Crippen molar-refractivity contribution in [3.8, 4) is 5.75 Å². The first kappa shape index (κ1) is 12.6. The smallest absolute Gasteiger partial charge is 0.133 e. The molecule has 88 valence electrons. The van der Waals surface area contributed by atoms with Crippen LogP contribution in [0.1, 0.15) is 5.56 Å². The summed E-state index contributed by atoms with van der Waals surface area (Å²) >= 11 is 6.68. The van der Waals surface area contributed by atoms with E-state index in [0.29, 0.717) is 11.3 Å². The molecule has 0 spiro atoms. The molecular formula is C13H9Br2FO. The molecular weight excluding hydrogens is 351 g/mol. The number of para-hydroxylation sites is 1. The molecule has 17 heavy (non-hydrogen) atoms. The monoisotopic (exact) mass is 358 g/mol. The minimum atomic E-state index is -0.264. The second-order valence-corrected chi connectivity index (χ2v) is 5.22. The van der Waals surface area contributed by atoms with Gasteiger partial charge in [0, 0.05) is 10.0 Å². The Morgan fingerprint density at radius 1 is 1.06 bits per heavy atom. The Kier molecular flexibility index (Phi) is 4.18. The Labute approximate surface area is 116 Å². The Morgan fingerprint density at radius 2 is 1.82 bits per heavy atom. The first-order chi connectivity index (χ1) is 8.16. The Morgan fingerprint density at radius 3 is 2.59 bits per heavy atom. The van der Waals surface area contributed by atoms with Crippen LogP contribution in [0.3, 0.4) is 0 Å². The molecule has 0 atom stereocenters. The normalized spacial score (nSPS) is 10.3. The summed E-state index contributed by atoms with van der Waals surface area (Å²) in [6.45, 7) is 0.202. The molecule has 2 aromatic rings. The van der Waals surface area contributed by atoms with Crippen LogP contribution < -0.4 is 4.74 Å². The van der Waals surface area contributed by atoms with Crippen LogP contribution in [-0.2, 0) is 6.61 Å². The number of ether oxygens (including phenoxy) is 1. The molecule has 0 aromatic heterocycles. The average Bonchev–Trinajstić information content (AvgIpc) is 2.32. The van der Waals surface area contributed by atoms with Gasteiger partial charge in [-0.15, -0.1) is 0 Å². The van der Waals surface area contributed by atoms with Crippen molar-refractivity contribution >= 4 is 31.9 Å². The van der Waals surface area contributed by atoms with Gasteiger partial charge >= 0.3 is 0 Å². The largest absolute Gasteiger partial charge is 0.488 e. The van der Waals surface area contributed by atoms with Gasteiger partial charge in [-0.2, -0.15) is 0 Å². The van der Waals surface area contributed by atoms with E-state index in [1.165, 1.54) is 6.07 Å². The van der Waals surface area contributed by atoms with Gasteiger partial charge in [0.25, 0.3) is 0 Å². The van der Waals surface area contributed by atoms with E-state index in [2.05, 4.69) is 31.9 Å². The van der Waals surface area contributed by atoms with Gasteiger partial charge in [0.1, 0.15) is 18.2 Å². The molecule has 0 heterocycles. The van der Waals surface area contributed by atoms with Gasteiger partial charge in [0.2, 0.25) is 0 Å². The van der Waals surface area contributed by atoms with E-state index in [0.717, 1.165) is 8.95 Å². The highest BCUT2D eigenvalue weighted by Crippen LogP contribution is 2.25. The van der Waals surface area contributed by atoms with E-state index in [4.69, 9.17) is 4.74 Å². The van der Waals surface area contributed by atoms with Crippen LogP contribution in [0.5, 0.6) is 5.75 Å². The highest BCUT2D eigenvalue weighted by Gasteiger charge is 2.05. The lowest BCUT2D eigenvalue weighted by atomic mass is 10.2. The van der Waals surface area contributed by atoms with E-state index in [-0.39, 0.29) is 12.4 Å². The van der Waals surface area contributed by atoms with Gasteiger partial charge in [-0.25, -0.2) is 4.39 Å². The Bertz CT molecular complexity index is 529. The lowest BCUT2D eigenvalue weighted by Gasteiger charge is -2.09. The molecule has 2 aromatic carbocycles. The molecule has 0 amide bonds. The summed E-state index contributed by atoms with van der Waals surface area (Å²) in [5.74, 6) is 0.437. The highest BCUT2D eigenvalue weighted by atomic mass is 79.9. The fourth-order valence-electron chi connectivity index (χ4n) is 1.37. The topological polar surface area (TPSA) is 9.23 Å². The summed E-state index contributed by atoms with van der Waals surface area (Å²) < 4.78 is 20.7. The summed E-state index contributed by atoms with van der Waals surface area (Å²) in [5.41, 5.74) is 0.523. The minimum Gasteiger partial charge on any atom is -0.488 e. The fourth-order valence-corrected chi connectivity index (χ4v) is 2.18. The fraction of sp³-hybridized carbons (Fsp3) is 0.0769. The van der Waals surface area contributed by atoms with Gasteiger partial charge in [0.15, 0.2) is 0 Å². The Hall–Kier alpha value is -0.870. The number of hydrogen-bond donors (Lipinski definition) is 0. The van der Waals surface area contributed by atoms with E-state index in [1.807, 2.05) is 24.3 Å². The second-order valence-electron chi connectivity index (χ2n) is 3.45. The van der Waals surface area contributed by atoms with Crippen LogP contribution in [0, 0.1) is 5.82 Å². The summed E-state index contributed by atoms with van der Waals surface area (Å²) in [4.78, 5) is 0. The lowest BCUT2D eigenvalue weighted by Crippen LogP contribution is -1.98. The number of benzene rings is 2. The van der Waals surface area contributed by atoms with E-state index < -0.39 is 0 Å². The standard InChI is InChI=1S/C13H9Br2FO/c14-10-5-6-12(16)9(7-10)8-17-13-4-2-1-3-11(13)15/h1-7H,8H2. The minimum absolute atomic E-state index is 0.202. The molecule has 0 unspecified atom stereocenters. The van der Waals surface area contributed by atoms with Gasteiger partial charge < -0.3 is 4.74 Å². The molecule has 4 heteroatoms. The van der Waals surface area contributed by atoms with E-state index >= 15 is 0 Å². The first-order valence-electron chi connectivity index (χ1n) is 4.98. The Balaban J connectivity index is 2.12. The number of hydrogen-bond acceptors (Lipinski definition) is 1. The maximum Gasteiger partial charge on any atom is 0.133 e. The van der Waals surface area contributed by atoms with Crippen molar-refractivity contribution in [3.05, 3.63) is 62.8 Å². The zero-order valence-corrected chi connectivity index (χ0v) is 12.0. The lowest BCUT2D eigenvalue weighted by molar-refractivity contribution is 0.298. The highest BCUT2D eigenvalue weighted by molar-refractivity contribution is 9.10. The van der Waals surface area contributed by atoms with Crippen molar-refractivity contribution in [1.29, 1.82) is 0 Å². The predicted molar refractivity (Wildman–Crippen MR) is 72.6 cm³/mol. The van der Waals surface area contributed by atoms with Crippen molar-refractivity contribution in [2.45, 2.75) is 6.61 Å². The van der Waals surface area contributed by atoms with Crippen LogP contribution in [0.25, 0.3) is 0 Å². The molecule has 1 nitrogen and oxygen atoms in total. The molecule has 0 radical (unpaired) electrons. The molecule has 2 rings (SSSR count). The third kappa shape index (κ3) is 3.30. The van der Waals surface area contributed by atoms with Gasteiger partial charge in [-0.1, -0.05) is 28.1 Å². The summed E-state index contributed by atoms with van der Waals surface area (Å²) in [6.07, 6.45) is 0. The molecule has 0 saturated heterocycles. The molecule has 0 N–H and O–H groups in total. The van der Waals surface area contributed by atoms with Crippen LogP contribution in [0.2, 0.25) is 0 Å². The number of halogens is 3. The molecule has 0 aliphatic carbocycles. The van der Waals surface area contributed by atoms with Gasteiger partial charge in [0.05, 0.1) is 4.47 Å². The van der Waals surface area contributed by atoms with Crippen molar-refractivity contribution in [2.75, 3.05) is 0 Å². The summed E-state index contributed by atoms with van der Waals surface area (Å²) in [6, 6.07) is 12.3. The van der Waals surface area contributed by atoms with Crippen molar-refractivity contribution in [2.24, 2.45) is 0 Å². The maximum atomic E-state index is 13.5. The molecule has 0 aliphatic rings. The summed E-state index contributed by atoms with van der Waals surface area (Å²) in [5, 5.41) is 0. The number of rotatable bonds is 3. The molecule has 0 bridgehead atoms. The van der Waals surface area contributed by atoms with E-state index in [9.17, 15) is 4.39 Å². The quantitative estimate of drug-likeness (QED) is 0.754. The first-order valence-corrected chi connectivity index (χ1v) is 6.56. The SMILES string of the molecule is Fc1ccc(Br)cc1COc1ccccc1Br. The van der Waals surface area contributed by atoms with Crippen LogP contribution in [0.4, 0.5) is 4.39 Å². The van der Waals surface area contributed by atoms with Gasteiger partial charge in [-0.3, -0.25) is 0 Å². The van der Waals surface area contributed by atoms with Crippen LogP contribution >= 0.6 is 31.9 Å². The summed E-state index contributed by atoms with van der Waals surface area (Å²) in [7, 11) is 0. The van der Waals surface area contributed by atoms with Crippen molar-refractivity contribution < 1.29 is 9.13 Å². The van der Waals surface area contributed by atoms with Crippen molar-refractivity contribution in [1.82, 2.24) is 0 Å². The maximum absolute atomic E-state index is 13.5. The zero-order valence-electron chi connectivity index (χ0n) is 8.79. The zero-order chi connectivity index (χ0) is 12.3. The predicted octanol–water partition coefficient (Wildman–Crippen LogP) is 4.93. The molecule has 0 fully saturated rings. The molecule has 0 saturated carbocycles. The van der Waals surface area contributed by atoms with Crippen molar-refractivity contribution in [3.63, 3.8) is 0 Å². The molecule has 0 aliphatic heterocycles. The van der Waals surface area contributed by atoms with E-state index in [1.54, 1.807) is 12.1 Å². The van der Waals surface area contributed by atoms with Crippen LogP contribution in [0.15, 0.2) is 51.4 Å². The van der Waals surface area contributed by atoms with Crippen LogP contribution in [-0.4, -0.2) is 0 Å². The average molecular weight is 360 g/mol. The second kappa shape index (κ2) is 5.65.